The van der Waals surface area contributed by atoms with Gasteiger partial charge in [-0.1, -0.05) is 22.0 Å². The van der Waals surface area contributed by atoms with E-state index in [2.05, 4.69) is 15.9 Å². The molecule has 2 aromatic carbocycles. The number of ether oxygens (including phenoxy) is 2. The zero-order valence-corrected chi connectivity index (χ0v) is 13.4. The first kappa shape index (κ1) is 14.4. The highest BCUT2D eigenvalue weighted by atomic mass is 79.9. The third-order valence-corrected chi connectivity index (χ3v) is 4.58. The Morgan fingerprint density at radius 2 is 2.00 bits per heavy atom. The minimum Gasteiger partial charge on any atom is -0.497 e. The molecule has 3 nitrogen and oxygen atoms in total. The quantitative estimate of drug-likeness (QED) is 0.906. The molecule has 0 saturated heterocycles. The lowest BCUT2D eigenvalue weighted by Crippen LogP contribution is -1.98. The predicted octanol–water partition coefficient (Wildman–Crippen LogP) is 4.02. The van der Waals surface area contributed by atoms with E-state index >= 15 is 0 Å². The molecule has 1 atom stereocenters. The van der Waals surface area contributed by atoms with Gasteiger partial charge in [0.05, 0.1) is 13.2 Å². The minimum atomic E-state index is -0.318. The highest BCUT2D eigenvalue weighted by molar-refractivity contribution is 9.10. The van der Waals surface area contributed by atoms with Crippen LogP contribution in [0.4, 0.5) is 0 Å². The van der Waals surface area contributed by atoms with Crippen LogP contribution < -0.4 is 9.47 Å². The number of aryl methyl sites for hydroxylation is 1. The van der Waals surface area contributed by atoms with Crippen molar-refractivity contribution >= 4 is 15.9 Å². The lowest BCUT2D eigenvalue weighted by molar-refractivity contribution is 0.180. The number of aliphatic hydroxyl groups excluding tert-OH is 1. The van der Waals surface area contributed by atoms with Crippen molar-refractivity contribution in [1.82, 2.24) is 0 Å². The standard InChI is InChI=1S/C17H17BrO3/c1-20-13-4-6-16(18)12(9-13)10-21-14-3-5-15-11(8-14)2-7-17(15)19/h3-6,8-9,17,19H,2,7,10H2,1H3/t17-/m1/s1. The minimum absolute atomic E-state index is 0.318. The molecule has 1 aliphatic rings. The Hall–Kier alpha value is -1.52. The van der Waals surface area contributed by atoms with E-state index in [9.17, 15) is 5.11 Å². The Morgan fingerprint density at radius 1 is 1.19 bits per heavy atom. The molecule has 0 aliphatic heterocycles. The van der Waals surface area contributed by atoms with E-state index in [1.807, 2.05) is 36.4 Å². The smallest absolute Gasteiger partial charge is 0.120 e. The van der Waals surface area contributed by atoms with Crippen LogP contribution in [0.5, 0.6) is 11.5 Å². The zero-order valence-electron chi connectivity index (χ0n) is 11.8. The molecular formula is C17H17BrO3. The summed E-state index contributed by atoms with van der Waals surface area (Å²) >= 11 is 3.52. The van der Waals surface area contributed by atoms with E-state index in [4.69, 9.17) is 9.47 Å². The molecule has 0 saturated carbocycles. The summed E-state index contributed by atoms with van der Waals surface area (Å²) in [5.41, 5.74) is 3.25. The van der Waals surface area contributed by atoms with Gasteiger partial charge in [-0.25, -0.2) is 0 Å². The molecule has 0 bridgehead atoms. The van der Waals surface area contributed by atoms with Gasteiger partial charge in [0.15, 0.2) is 0 Å². The second-order valence-corrected chi connectivity index (χ2v) is 6.02. The molecule has 0 fully saturated rings. The van der Waals surface area contributed by atoms with Crippen LogP contribution >= 0.6 is 15.9 Å². The maximum absolute atomic E-state index is 9.81. The summed E-state index contributed by atoms with van der Waals surface area (Å²) in [6.45, 7) is 0.471. The Labute approximate surface area is 132 Å². The van der Waals surface area contributed by atoms with Crippen molar-refractivity contribution in [3.05, 3.63) is 57.6 Å². The van der Waals surface area contributed by atoms with E-state index in [1.54, 1.807) is 7.11 Å². The molecule has 0 unspecified atom stereocenters. The third kappa shape index (κ3) is 3.06. The number of halogens is 1. The van der Waals surface area contributed by atoms with Crippen molar-refractivity contribution < 1.29 is 14.6 Å². The molecule has 4 heteroatoms. The molecule has 1 aliphatic carbocycles. The van der Waals surface area contributed by atoms with Crippen LogP contribution in [-0.2, 0) is 13.0 Å². The molecule has 1 N–H and O–H groups in total. The monoisotopic (exact) mass is 348 g/mol. The average molecular weight is 349 g/mol. The Balaban J connectivity index is 1.73. The highest BCUT2D eigenvalue weighted by Crippen LogP contribution is 2.33. The highest BCUT2D eigenvalue weighted by Gasteiger charge is 2.20. The van der Waals surface area contributed by atoms with Crippen molar-refractivity contribution in [2.24, 2.45) is 0 Å². The van der Waals surface area contributed by atoms with Crippen molar-refractivity contribution in [2.75, 3.05) is 7.11 Å². The molecule has 0 heterocycles. The van der Waals surface area contributed by atoms with Crippen molar-refractivity contribution in [1.29, 1.82) is 0 Å². The van der Waals surface area contributed by atoms with Gasteiger partial charge in [0.2, 0.25) is 0 Å². The largest absolute Gasteiger partial charge is 0.497 e. The summed E-state index contributed by atoms with van der Waals surface area (Å²) in [6, 6.07) is 11.7. The van der Waals surface area contributed by atoms with Crippen molar-refractivity contribution in [3.8, 4) is 11.5 Å². The van der Waals surface area contributed by atoms with Crippen LogP contribution in [0.25, 0.3) is 0 Å². The van der Waals surface area contributed by atoms with Crippen LogP contribution in [-0.4, -0.2) is 12.2 Å². The maximum Gasteiger partial charge on any atom is 0.120 e. The first-order valence-corrected chi connectivity index (χ1v) is 7.73. The van der Waals surface area contributed by atoms with Gasteiger partial charge in [-0.2, -0.15) is 0 Å². The molecule has 0 spiro atoms. The fraction of sp³-hybridized carbons (Fsp3) is 0.294. The molecule has 21 heavy (non-hydrogen) atoms. The van der Waals surface area contributed by atoms with Crippen LogP contribution in [0.3, 0.4) is 0 Å². The molecule has 3 rings (SSSR count). The number of methoxy groups -OCH3 is 1. The van der Waals surface area contributed by atoms with Crippen molar-refractivity contribution in [3.63, 3.8) is 0 Å². The van der Waals surface area contributed by atoms with Gasteiger partial charge in [-0.15, -0.1) is 0 Å². The van der Waals surface area contributed by atoms with Crippen LogP contribution in [0, 0.1) is 0 Å². The Kier molecular flexibility index (Phi) is 4.17. The van der Waals surface area contributed by atoms with Gasteiger partial charge in [0.1, 0.15) is 18.1 Å². The number of hydrogen-bond donors (Lipinski definition) is 1. The van der Waals surface area contributed by atoms with Crippen LogP contribution in [0.15, 0.2) is 40.9 Å². The molecule has 0 aromatic heterocycles. The fourth-order valence-corrected chi connectivity index (χ4v) is 2.97. The molecule has 2 aromatic rings. The van der Waals surface area contributed by atoms with Gasteiger partial charge in [-0.3, -0.25) is 0 Å². The summed E-state index contributed by atoms with van der Waals surface area (Å²) in [6.07, 6.45) is 1.40. The van der Waals surface area contributed by atoms with E-state index < -0.39 is 0 Å². The summed E-state index contributed by atoms with van der Waals surface area (Å²) in [5, 5.41) is 9.81. The predicted molar refractivity (Wildman–Crippen MR) is 84.7 cm³/mol. The number of benzene rings is 2. The molecular weight excluding hydrogens is 332 g/mol. The lowest BCUT2D eigenvalue weighted by atomic mass is 10.1. The van der Waals surface area contributed by atoms with Gasteiger partial charge in [0, 0.05) is 10.0 Å². The summed E-state index contributed by atoms with van der Waals surface area (Å²) < 4.78 is 12.1. The summed E-state index contributed by atoms with van der Waals surface area (Å²) in [7, 11) is 1.65. The van der Waals surface area contributed by atoms with Gasteiger partial charge >= 0.3 is 0 Å². The number of aliphatic hydroxyl groups is 1. The van der Waals surface area contributed by atoms with Gasteiger partial charge < -0.3 is 14.6 Å². The first-order chi connectivity index (χ1) is 10.2. The molecule has 0 amide bonds. The van der Waals surface area contributed by atoms with Gasteiger partial charge in [0.25, 0.3) is 0 Å². The SMILES string of the molecule is COc1ccc(Br)c(COc2ccc3c(c2)CC[C@H]3O)c1. The Bertz CT molecular complexity index is 654. The average Bonchev–Trinajstić information content (AvgIpc) is 2.87. The molecule has 110 valence electrons. The summed E-state index contributed by atoms with van der Waals surface area (Å²) in [4.78, 5) is 0. The van der Waals surface area contributed by atoms with Crippen LogP contribution in [0.2, 0.25) is 0 Å². The maximum atomic E-state index is 9.81. The first-order valence-electron chi connectivity index (χ1n) is 6.93. The lowest BCUT2D eigenvalue weighted by Gasteiger charge is -2.11. The van der Waals surface area contributed by atoms with E-state index in [-0.39, 0.29) is 6.10 Å². The zero-order chi connectivity index (χ0) is 14.8. The molecule has 0 radical (unpaired) electrons. The second-order valence-electron chi connectivity index (χ2n) is 5.16. The van der Waals surface area contributed by atoms with E-state index in [0.717, 1.165) is 39.9 Å². The number of rotatable bonds is 4. The van der Waals surface area contributed by atoms with Gasteiger partial charge in [-0.05, 0) is 54.3 Å². The van der Waals surface area contributed by atoms with E-state index in [0.29, 0.717) is 6.61 Å². The van der Waals surface area contributed by atoms with E-state index in [1.165, 1.54) is 5.56 Å². The number of fused-ring (bicyclic) bond motifs is 1. The summed E-state index contributed by atoms with van der Waals surface area (Å²) in [5.74, 6) is 1.64. The fourth-order valence-electron chi connectivity index (χ4n) is 2.61. The Morgan fingerprint density at radius 3 is 2.81 bits per heavy atom. The third-order valence-electron chi connectivity index (χ3n) is 3.81. The number of hydrogen-bond acceptors (Lipinski definition) is 3. The van der Waals surface area contributed by atoms with Crippen molar-refractivity contribution in [2.45, 2.75) is 25.6 Å². The van der Waals surface area contributed by atoms with Crippen LogP contribution in [0.1, 0.15) is 29.2 Å². The topological polar surface area (TPSA) is 38.7 Å². The second kappa shape index (κ2) is 6.08. The normalized spacial score (nSPS) is 16.6.